The van der Waals surface area contributed by atoms with Crippen molar-refractivity contribution in [1.82, 2.24) is 4.31 Å². The van der Waals surface area contributed by atoms with Crippen LogP contribution in [0, 0.1) is 18.6 Å². The van der Waals surface area contributed by atoms with Crippen molar-refractivity contribution < 1.29 is 22.0 Å². The summed E-state index contributed by atoms with van der Waals surface area (Å²) in [7, 11) is -3.23. The minimum Gasteiger partial charge on any atom is -0.325 e. The van der Waals surface area contributed by atoms with Crippen LogP contribution >= 0.6 is 15.9 Å². The van der Waals surface area contributed by atoms with Gasteiger partial charge in [-0.1, -0.05) is 15.9 Å². The summed E-state index contributed by atoms with van der Waals surface area (Å²) in [6.07, 6.45) is 0. The van der Waals surface area contributed by atoms with Gasteiger partial charge >= 0.3 is 0 Å². The SMILES string of the molecule is Cc1cc(Br)ccc1NC(=O)CN(C)S(=O)(=O)c1cc(F)ccc1F. The molecule has 0 saturated heterocycles. The van der Waals surface area contributed by atoms with E-state index in [1.165, 1.54) is 0 Å². The first-order valence-electron chi connectivity index (χ1n) is 7.08. The van der Waals surface area contributed by atoms with Crippen molar-refractivity contribution in [2.75, 3.05) is 18.9 Å². The van der Waals surface area contributed by atoms with Crippen LogP contribution in [-0.4, -0.2) is 32.2 Å². The summed E-state index contributed by atoms with van der Waals surface area (Å²) in [6.45, 7) is 1.23. The monoisotopic (exact) mass is 432 g/mol. The fourth-order valence-electron chi connectivity index (χ4n) is 2.09. The highest BCUT2D eigenvalue weighted by atomic mass is 79.9. The Bertz CT molecular complexity index is 920. The number of nitrogens with zero attached hydrogens (tertiary/aromatic N) is 1. The maximum absolute atomic E-state index is 13.7. The Morgan fingerprint density at radius 3 is 2.52 bits per heavy atom. The third-order valence-corrected chi connectivity index (χ3v) is 5.72. The van der Waals surface area contributed by atoms with E-state index in [0.29, 0.717) is 16.1 Å². The lowest BCUT2D eigenvalue weighted by atomic mass is 10.2. The Kier molecular flexibility index (Phi) is 5.91. The number of rotatable bonds is 5. The van der Waals surface area contributed by atoms with E-state index >= 15 is 0 Å². The van der Waals surface area contributed by atoms with E-state index in [0.717, 1.165) is 29.2 Å². The summed E-state index contributed by atoms with van der Waals surface area (Å²) in [5, 5.41) is 2.58. The molecule has 0 radical (unpaired) electrons. The number of anilines is 1. The zero-order chi connectivity index (χ0) is 18.8. The summed E-state index contributed by atoms with van der Waals surface area (Å²) in [6, 6.07) is 7.30. The molecule has 0 spiro atoms. The second-order valence-electron chi connectivity index (χ2n) is 5.34. The van der Waals surface area contributed by atoms with E-state index in [4.69, 9.17) is 0 Å². The van der Waals surface area contributed by atoms with Crippen molar-refractivity contribution in [3.05, 3.63) is 58.1 Å². The van der Waals surface area contributed by atoms with Crippen molar-refractivity contribution in [3.63, 3.8) is 0 Å². The molecule has 2 aromatic rings. The molecule has 0 fully saturated rings. The van der Waals surface area contributed by atoms with Crippen LogP contribution in [0.1, 0.15) is 5.56 Å². The molecule has 5 nitrogen and oxygen atoms in total. The average molecular weight is 433 g/mol. The molecule has 25 heavy (non-hydrogen) atoms. The number of benzene rings is 2. The summed E-state index contributed by atoms with van der Waals surface area (Å²) >= 11 is 3.30. The van der Waals surface area contributed by atoms with Crippen molar-refractivity contribution >= 4 is 37.5 Å². The number of hydrogen-bond donors (Lipinski definition) is 1. The molecule has 0 saturated carbocycles. The first kappa shape index (κ1) is 19.5. The standard InChI is InChI=1S/C16H15BrF2N2O3S/c1-10-7-11(17)3-6-14(10)20-16(22)9-21(2)25(23,24)15-8-12(18)4-5-13(15)19/h3-8H,9H2,1-2H3,(H,20,22). The van der Waals surface area contributed by atoms with Gasteiger partial charge in [-0.25, -0.2) is 17.2 Å². The van der Waals surface area contributed by atoms with E-state index in [1.807, 2.05) is 0 Å². The lowest BCUT2D eigenvalue weighted by Gasteiger charge is -2.18. The van der Waals surface area contributed by atoms with Gasteiger partial charge in [-0.2, -0.15) is 4.31 Å². The third kappa shape index (κ3) is 4.62. The lowest BCUT2D eigenvalue weighted by Crippen LogP contribution is -2.35. The number of aryl methyl sites for hydroxylation is 1. The molecule has 0 aliphatic rings. The molecule has 0 aliphatic carbocycles. The molecule has 0 heterocycles. The normalized spacial score (nSPS) is 11.6. The number of halogens is 3. The van der Waals surface area contributed by atoms with Gasteiger partial charge in [0.2, 0.25) is 15.9 Å². The quantitative estimate of drug-likeness (QED) is 0.787. The topological polar surface area (TPSA) is 66.5 Å². The predicted molar refractivity (Wildman–Crippen MR) is 93.7 cm³/mol. The second kappa shape index (κ2) is 7.59. The van der Waals surface area contributed by atoms with Crippen molar-refractivity contribution in [2.24, 2.45) is 0 Å². The van der Waals surface area contributed by atoms with Gasteiger partial charge in [0.1, 0.15) is 16.5 Å². The first-order chi connectivity index (χ1) is 11.6. The highest BCUT2D eigenvalue weighted by Crippen LogP contribution is 2.21. The summed E-state index contributed by atoms with van der Waals surface area (Å²) in [5.74, 6) is -2.57. The number of amides is 1. The molecule has 1 amide bonds. The highest BCUT2D eigenvalue weighted by Gasteiger charge is 2.26. The fraction of sp³-hybridized carbons (Fsp3) is 0.188. The van der Waals surface area contributed by atoms with Crippen LogP contribution in [0.2, 0.25) is 0 Å². The minimum atomic E-state index is -4.35. The minimum absolute atomic E-state index is 0.524. The van der Waals surface area contributed by atoms with Gasteiger partial charge in [-0.3, -0.25) is 4.79 Å². The Hall–Kier alpha value is -1.84. The molecule has 0 aliphatic heterocycles. The molecular formula is C16H15BrF2N2O3S. The maximum atomic E-state index is 13.7. The van der Waals surface area contributed by atoms with E-state index < -0.39 is 39.0 Å². The van der Waals surface area contributed by atoms with Gasteiger partial charge in [0.15, 0.2) is 0 Å². The van der Waals surface area contributed by atoms with E-state index in [1.54, 1.807) is 25.1 Å². The van der Waals surface area contributed by atoms with Gasteiger partial charge in [-0.15, -0.1) is 0 Å². The zero-order valence-corrected chi connectivity index (χ0v) is 15.8. The molecule has 2 aromatic carbocycles. The van der Waals surface area contributed by atoms with Crippen LogP contribution < -0.4 is 5.32 Å². The Labute approximate surface area is 152 Å². The second-order valence-corrected chi connectivity index (χ2v) is 8.27. The van der Waals surface area contributed by atoms with Gasteiger partial charge in [-0.05, 0) is 48.9 Å². The number of hydrogen-bond acceptors (Lipinski definition) is 3. The van der Waals surface area contributed by atoms with Gasteiger partial charge in [0.05, 0.1) is 6.54 Å². The molecule has 134 valence electrons. The maximum Gasteiger partial charge on any atom is 0.246 e. The number of likely N-dealkylation sites (N-methyl/N-ethyl adjacent to an activating group) is 1. The number of carbonyl (C=O) groups is 1. The molecule has 0 bridgehead atoms. The Balaban J connectivity index is 2.16. The van der Waals surface area contributed by atoms with Gasteiger partial charge in [0.25, 0.3) is 0 Å². The summed E-state index contributed by atoms with van der Waals surface area (Å²) in [5.41, 5.74) is 1.31. The fourth-order valence-corrected chi connectivity index (χ4v) is 3.76. The number of nitrogens with one attached hydrogen (secondary N) is 1. The lowest BCUT2D eigenvalue weighted by molar-refractivity contribution is -0.116. The van der Waals surface area contributed by atoms with Gasteiger partial charge in [0, 0.05) is 17.2 Å². The van der Waals surface area contributed by atoms with Crippen molar-refractivity contribution in [3.8, 4) is 0 Å². The highest BCUT2D eigenvalue weighted by molar-refractivity contribution is 9.10. The Morgan fingerprint density at radius 1 is 1.20 bits per heavy atom. The van der Waals surface area contributed by atoms with Crippen molar-refractivity contribution in [1.29, 1.82) is 0 Å². The molecule has 1 N–H and O–H groups in total. The molecule has 0 aromatic heterocycles. The zero-order valence-electron chi connectivity index (χ0n) is 13.4. The van der Waals surface area contributed by atoms with Crippen LogP contribution in [0.25, 0.3) is 0 Å². The Morgan fingerprint density at radius 2 is 1.88 bits per heavy atom. The van der Waals surface area contributed by atoms with Crippen LogP contribution in [0.3, 0.4) is 0 Å². The predicted octanol–water partition coefficient (Wildman–Crippen LogP) is 3.29. The number of carbonyl (C=O) groups excluding carboxylic acids is 1. The van der Waals surface area contributed by atoms with Crippen LogP contribution in [-0.2, 0) is 14.8 Å². The molecule has 0 atom stereocenters. The van der Waals surface area contributed by atoms with E-state index in [9.17, 15) is 22.0 Å². The van der Waals surface area contributed by atoms with Crippen molar-refractivity contribution in [2.45, 2.75) is 11.8 Å². The molecule has 0 unspecified atom stereocenters. The summed E-state index contributed by atoms with van der Waals surface area (Å²) < 4.78 is 53.1. The number of sulfonamides is 1. The van der Waals surface area contributed by atoms with E-state index in [-0.39, 0.29) is 0 Å². The smallest absolute Gasteiger partial charge is 0.246 e. The molecule has 9 heteroatoms. The summed E-state index contributed by atoms with van der Waals surface area (Å²) in [4.78, 5) is 11.3. The largest absolute Gasteiger partial charge is 0.325 e. The molecule has 2 rings (SSSR count). The van der Waals surface area contributed by atoms with Gasteiger partial charge < -0.3 is 5.32 Å². The van der Waals surface area contributed by atoms with Crippen LogP contribution in [0.15, 0.2) is 45.8 Å². The van der Waals surface area contributed by atoms with E-state index in [2.05, 4.69) is 21.2 Å². The third-order valence-electron chi connectivity index (χ3n) is 3.41. The molecular weight excluding hydrogens is 418 g/mol. The van der Waals surface area contributed by atoms with Crippen LogP contribution in [0.4, 0.5) is 14.5 Å². The average Bonchev–Trinajstić information content (AvgIpc) is 2.52. The van der Waals surface area contributed by atoms with Crippen LogP contribution in [0.5, 0.6) is 0 Å². The first-order valence-corrected chi connectivity index (χ1v) is 9.32.